The standard InChI is InChI=1S/C19H14FN3O7/c1-10-5-6-11(20)7-13(10)21-15(24)9-30-16(25)8-22-18(26)12-3-2-4-14(23(28)29)17(12)19(22)27/h2-7H,8-9H2,1H3,(H,21,24). The first-order chi connectivity index (χ1) is 14.2. The molecule has 2 aromatic carbocycles. The molecular weight excluding hydrogens is 401 g/mol. The molecule has 1 aliphatic rings. The van der Waals surface area contributed by atoms with Crippen LogP contribution in [0.15, 0.2) is 36.4 Å². The van der Waals surface area contributed by atoms with Gasteiger partial charge >= 0.3 is 5.97 Å². The normalized spacial score (nSPS) is 12.5. The summed E-state index contributed by atoms with van der Waals surface area (Å²) >= 11 is 0. The topological polar surface area (TPSA) is 136 Å². The van der Waals surface area contributed by atoms with Crippen LogP contribution in [-0.4, -0.2) is 46.7 Å². The number of carbonyl (C=O) groups excluding carboxylic acids is 4. The lowest BCUT2D eigenvalue weighted by molar-refractivity contribution is -0.385. The molecule has 3 amide bonds. The number of esters is 1. The summed E-state index contributed by atoms with van der Waals surface area (Å²) in [5.74, 6) is -4.27. The van der Waals surface area contributed by atoms with E-state index in [0.717, 1.165) is 12.1 Å². The first-order valence-corrected chi connectivity index (χ1v) is 8.54. The number of nitrogens with zero attached hydrogens (tertiary/aromatic N) is 2. The van der Waals surface area contributed by atoms with Gasteiger partial charge in [0.25, 0.3) is 23.4 Å². The minimum absolute atomic E-state index is 0.193. The third-order valence-corrected chi connectivity index (χ3v) is 4.30. The fourth-order valence-electron chi connectivity index (χ4n) is 2.85. The van der Waals surface area contributed by atoms with Crippen molar-refractivity contribution >= 4 is 35.1 Å². The first kappa shape index (κ1) is 20.6. The van der Waals surface area contributed by atoms with E-state index in [4.69, 9.17) is 4.74 Å². The second-order valence-electron chi connectivity index (χ2n) is 6.32. The molecule has 0 unspecified atom stereocenters. The Bertz CT molecular complexity index is 1100. The summed E-state index contributed by atoms with van der Waals surface area (Å²) in [6, 6.07) is 7.34. The predicted molar refractivity (Wildman–Crippen MR) is 99.2 cm³/mol. The Morgan fingerprint density at radius 1 is 1.20 bits per heavy atom. The van der Waals surface area contributed by atoms with Crippen molar-refractivity contribution in [3.05, 3.63) is 69.0 Å². The average Bonchev–Trinajstić information content (AvgIpc) is 2.94. The third kappa shape index (κ3) is 3.99. The highest BCUT2D eigenvalue weighted by molar-refractivity contribution is 6.24. The zero-order chi connectivity index (χ0) is 22.0. The van der Waals surface area contributed by atoms with Gasteiger partial charge in [-0.25, -0.2) is 4.39 Å². The molecule has 0 aliphatic carbocycles. The van der Waals surface area contributed by atoms with Crippen molar-refractivity contribution < 1.29 is 33.2 Å². The lowest BCUT2D eigenvalue weighted by Gasteiger charge is -2.13. The van der Waals surface area contributed by atoms with E-state index >= 15 is 0 Å². The van der Waals surface area contributed by atoms with Crippen molar-refractivity contribution in [3.8, 4) is 0 Å². The number of nitro benzene ring substituents is 1. The van der Waals surface area contributed by atoms with E-state index in [1.165, 1.54) is 24.3 Å². The van der Waals surface area contributed by atoms with Gasteiger partial charge in [0.05, 0.1) is 10.5 Å². The summed E-state index contributed by atoms with van der Waals surface area (Å²) in [6.45, 7) is 0.0798. The number of ether oxygens (including phenoxy) is 1. The van der Waals surface area contributed by atoms with E-state index in [1.807, 2.05) is 0 Å². The highest BCUT2D eigenvalue weighted by Gasteiger charge is 2.41. The monoisotopic (exact) mass is 415 g/mol. The van der Waals surface area contributed by atoms with E-state index < -0.39 is 58.8 Å². The molecule has 0 saturated carbocycles. The van der Waals surface area contributed by atoms with Crippen molar-refractivity contribution in [1.29, 1.82) is 0 Å². The molecule has 0 saturated heterocycles. The van der Waals surface area contributed by atoms with Gasteiger partial charge in [-0.1, -0.05) is 12.1 Å². The Hall–Kier alpha value is -4.15. The van der Waals surface area contributed by atoms with Crippen molar-refractivity contribution in [2.75, 3.05) is 18.5 Å². The van der Waals surface area contributed by atoms with Gasteiger partial charge in [-0.2, -0.15) is 0 Å². The number of fused-ring (bicyclic) bond motifs is 1. The van der Waals surface area contributed by atoms with Gasteiger partial charge in [0, 0.05) is 11.8 Å². The third-order valence-electron chi connectivity index (χ3n) is 4.30. The summed E-state index contributed by atoms with van der Waals surface area (Å²) < 4.78 is 18.0. The molecule has 3 rings (SSSR count). The van der Waals surface area contributed by atoms with E-state index in [2.05, 4.69) is 5.32 Å². The Labute approximate surface area is 168 Å². The number of hydrogen-bond acceptors (Lipinski definition) is 7. The fraction of sp³-hybridized carbons (Fsp3) is 0.158. The van der Waals surface area contributed by atoms with Crippen LogP contribution in [-0.2, 0) is 14.3 Å². The van der Waals surface area contributed by atoms with Crippen molar-refractivity contribution in [2.45, 2.75) is 6.92 Å². The SMILES string of the molecule is Cc1ccc(F)cc1NC(=O)COC(=O)CN1C(=O)c2cccc([N+](=O)[O-])c2C1=O. The van der Waals surface area contributed by atoms with Crippen LogP contribution in [0.3, 0.4) is 0 Å². The number of carbonyl (C=O) groups is 4. The van der Waals surface area contributed by atoms with E-state index in [9.17, 15) is 33.7 Å². The molecule has 1 heterocycles. The number of nitrogens with one attached hydrogen (secondary N) is 1. The maximum Gasteiger partial charge on any atom is 0.326 e. The van der Waals surface area contributed by atoms with Gasteiger partial charge in [-0.3, -0.25) is 34.2 Å². The van der Waals surface area contributed by atoms with Crippen LogP contribution in [0.2, 0.25) is 0 Å². The van der Waals surface area contributed by atoms with Crippen LogP contribution < -0.4 is 5.32 Å². The number of halogens is 1. The number of hydrogen-bond donors (Lipinski definition) is 1. The first-order valence-electron chi connectivity index (χ1n) is 8.54. The molecule has 11 heteroatoms. The number of benzene rings is 2. The quantitative estimate of drug-likeness (QED) is 0.329. The zero-order valence-electron chi connectivity index (χ0n) is 15.5. The number of rotatable bonds is 6. The number of imide groups is 1. The molecule has 10 nitrogen and oxygen atoms in total. The summed E-state index contributed by atoms with van der Waals surface area (Å²) in [5.41, 5.74) is -0.361. The lowest BCUT2D eigenvalue weighted by Crippen LogP contribution is -2.36. The van der Waals surface area contributed by atoms with Crippen molar-refractivity contribution in [1.82, 2.24) is 4.90 Å². The maximum atomic E-state index is 13.3. The molecule has 1 aliphatic heterocycles. The minimum atomic E-state index is -1.07. The van der Waals surface area contributed by atoms with Crippen LogP contribution in [0.4, 0.5) is 15.8 Å². The molecule has 0 fully saturated rings. The van der Waals surface area contributed by atoms with Crippen LogP contribution in [0.5, 0.6) is 0 Å². The summed E-state index contributed by atoms with van der Waals surface area (Å²) in [6.07, 6.45) is 0. The Balaban J connectivity index is 1.61. The molecule has 0 atom stereocenters. The van der Waals surface area contributed by atoms with Crippen LogP contribution >= 0.6 is 0 Å². The van der Waals surface area contributed by atoms with Crippen molar-refractivity contribution in [2.24, 2.45) is 0 Å². The number of amides is 3. The minimum Gasteiger partial charge on any atom is -0.454 e. The summed E-state index contributed by atoms with van der Waals surface area (Å²) in [4.78, 5) is 59.4. The molecule has 154 valence electrons. The van der Waals surface area contributed by atoms with E-state index in [1.54, 1.807) is 6.92 Å². The second-order valence-corrected chi connectivity index (χ2v) is 6.32. The Kier molecular flexibility index (Phi) is 5.54. The number of aryl methyl sites for hydroxylation is 1. The Morgan fingerprint density at radius 3 is 2.63 bits per heavy atom. The molecule has 0 bridgehead atoms. The molecule has 0 aromatic heterocycles. The van der Waals surface area contributed by atoms with Gasteiger partial charge in [0.2, 0.25) is 0 Å². The second kappa shape index (κ2) is 8.07. The van der Waals surface area contributed by atoms with Gasteiger partial charge in [-0.15, -0.1) is 0 Å². The molecular formula is C19H14FN3O7. The fourth-order valence-corrected chi connectivity index (χ4v) is 2.85. The summed E-state index contributed by atoms with van der Waals surface area (Å²) in [5, 5.41) is 13.5. The molecule has 0 spiro atoms. The largest absolute Gasteiger partial charge is 0.454 e. The van der Waals surface area contributed by atoms with E-state index in [-0.39, 0.29) is 11.3 Å². The predicted octanol–water partition coefficient (Wildman–Crippen LogP) is 1.82. The Morgan fingerprint density at radius 2 is 1.93 bits per heavy atom. The number of nitro groups is 1. The van der Waals surface area contributed by atoms with Crippen LogP contribution in [0.1, 0.15) is 26.3 Å². The molecule has 30 heavy (non-hydrogen) atoms. The van der Waals surface area contributed by atoms with Crippen molar-refractivity contribution in [3.63, 3.8) is 0 Å². The highest BCUT2D eigenvalue weighted by Crippen LogP contribution is 2.30. The summed E-state index contributed by atoms with van der Waals surface area (Å²) in [7, 11) is 0. The van der Waals surface area contributed by atoms with E-state index in [0.29, 0.717) is 10.5 Å². The zero-order valence-corrected chi connectivity index (χ0v) is 15.5. The molecule has 1 N–H and O–H groups in total. The number of anilines is 1. The van der Waals surface area contributed by atoms with Crippen LogP contribution in [0.25, 0.3) is 0 Å². The highest BCUT2D eigenvalue weighted by atomic mass is 19.1. The van der Waals surface area contributed by atoms with Gasteiger partial charge < -0.3 is 10.1 Å². The molecule has 2 aromatic rings. The van der Waals surface area contributed by atoms with Gasteiger partial charge in [-0.05, 0) is 30.7 Å². The molecule has 0 radical (unpaired) electrons. The van der Waals surface area contributed by atoms with Gasteiger partial charge in [0.1, 0.15) is 17.9 Å². The average molecular weight is 415 g/mol. The van der Waals surface area contributed by atoms with Crippen LogP contribution in [0, 0.1) is 22.9 Å². The lowest BCUT2D eigenvalue weighted by atomic mass is 10.1. The smallest absolute Gasteiger partial charge is 0.326 e. The maximum absolute atomic E-state index is 13.3. The van der Waals surface area contributed by atoms with Gasteiger partial charge in [0.15, 0.2) is 6.61 Å².